The maximum absolute atomic E-state index is 12.6. The Morgan fingerprint density at radius 1 is 1.03 bits per heavy atom. The number of methoxy groups -OCH3 is 1. The smallest absolute Gasteiger partial charge is 0.323 e. The summed E-state index contributed by atoms with van der Waals surface area (Å²) in [6.45, 7) is 1.75. The molecule has 2 N–H and O–H groups in total. The number of rotatable bonds is 12. The summed E-state index contributed by atoms with van der Waals surface area (Å²) in [5.74, 6) is -0.772. The molecule has 2 aromatic carbocycles. The van der Waals surface area contributed by atoms with E-state index < -0.39 is 47.6 Å². The molecule has 0 aliphatic rings. The number of aryl methyl sites for hydroxylation is 1. The van der Waals surface area contributed by atoms with Crippen molar-refractivity contribution in [1.82, 2.24) is 9.44 Å². The Hall–Kier alpha value is -2.87. The average Bonchev–Trinajstić information content (AvgIpc) is 2.77. The standard InChI is InChI=1S/C20H25N3O8S2/c1-15-10-12-16(13-11-15)32(27,28)22-17(20(24)31-2)7-5-6-14-21-33(29,30)19-9-4-3-8-18(19)23(25)26/h3-4,8-13,17,21-22H,5-7,14H2,1-2H3. The van der Waals surface area contributed by atoms with Crippen LogP contribution in [0.25, 0.3) is 0 Å². The summed E-state index contributed by atoms with van der Waals surface area (Å²) >= 11 is 0. The molecule has 1 unspecified atom stereocenters. The zero-order valence-corrected chi connectivity index (χ0v) is 19.7. The lowest BCUT2D eigenvalue weighted by molar-refractivity contribution is -0.387. The lowest BCUT2D eigenvalue weighted by atomic mass is 10.1. The lowest BCUT2D eigenvalue weighted by Gasteiger charge is -2.17. The molecule has 2 rings (SSSR count). The Kier molecular flexibility index (Phi) is 9.05. The monoisotopic (exact) mass is 499 g/mol. The van der Waals surface area contributed by atoms with Gasteiger partial charge in [-0.25, -0.2) is 21.6 Å². The zero-order chi connectivity index (χ0) is 24.6. The molecule has 2 aromatic rings. The van der Waals surface area contributed by atoms with Crippen molar-refractivity contribution >= 4 is 31.7 Å². The molecule has 0 aromatic heterocycles. The van der Waals surface area contributed by atoms with E-state index in [1.54, 1.807) is 12.1 Å². The third-order valence-electron chi connectivity index (χ3n) is 4.68. The largest absolute Gasteiger partial charge is 0.468 e. The van der Waals surface area contributed by atoms with Gasteiger partial charge < -0.3 is 4.74 Å². The number of hydrogen-bond donors (Lipinski definition) is 2. The highest BCUT2D eigenvalue weighted by atomic mass is 32.2. The molecular formula is C20H25N3O8S2. The summed E-state index contributed by atoms with van der Waals surface area (Å²) in [6, 6.07) is 9.91. The molecule has 1 atom stereocenters. The molecule has 0 aliphatic carbocycles. The minimum absolute atomic E-state index is 0.000724. The Bertz CT molecular complexity index is 1200. The number of ether oxygens (including phenoxy) is 1. The maximum Gasteiger partial charge on any atom is 0.323 e. The fraction of sp³-hybridized carbons (Fsp3) is 0.350. The highest BCUT2D eigenvalue weighted by Gasteiger charge is 2.27. The van der Waals surface area contributed by atoms with Gasteiger partial charge in [0.1, 0.15) is 6.04 Å². The van der Waals surface area contributed by atoms with E-state index in [0.29, 0.717) is 0 Å². The molecule has 0 amide bonds. The molecule has 33 heavy (non-hydrogen) atoms. The van der Waals surface area contributed by atoms with Crippen LogP contribution in [0.3, 0.4) is 0 Å². The van der Waals surface area contributed by atoms with Crippen LogP contribution < -0.4 is 9.44 Å². The van der Waals surface area contributed by atoms with Crippen molar-refractivity contribution in [2.45, 2.75) is 42.0 Å². The fourth-order valence-corrected chi connectivity index (χ4v) is 5.40. The van der Waals surface area contributed by atoms with Crippen LogP contribution in [0.15, 0.2) is 58.3 Å². The molecule has 180 valence electrons. The van der Waals surface area contributed by atoms with Crippen molar-refractivity contribution in [2.75, 3.05) is 13.7 Å². The van der Waals surface area contributed by atoms with E-state index in [2.05, 4.69) is 14.2 Å². The number of nitrogens with zero attached hydrogens (tertiary/aromatic N) is 1. The van der Waals surface area contributed by atoms with Crippen molar-refractivity contribution in [3.63, 3.8) is 0 Å². The summed E-state index contributed by atoms with van der Waals surface area (Å²) in [7, 11) is -6.96. The van der Waals surface area contributed by atoms with Crippen molar-refractivity contribution in [2.24, 2.45) is 0 Å². The van der Waals surface area contributed by atoms with Crippen LogP contribution >= 0.6 is 0 Å². The van der Waals surface area contributed by atoms with Gasteiger partial charge in [0.15, 0.2) is 4.90 Å². The number of nitro groups is 1. The molecule has 0 saturated heterocycles. The molecule has 0 fully saturated rings. The predicted molar refractivity (Wildman–Crippen MR) is 119 cm³/mol. The average molecular weight is 500 g/mol. The quantitative estimate of drug-likeness (QED) is 0.194. The van der Waals surface area contributed by atoms with E-state index >= 15 is 0 Å². The minimum atomic E-state index is -4.12. The van der Waals surface area contributed by atoms with E-state index in [4.69, 9.17) is 0 Å². The normalized spacial score (nSPS) is 12.8. The minimum Gasteiger partial charge on any atom is -0.468 e. The van der Waals surface area contributed by atoms with Crippen LogP contribution in [0.5, 0.6) is 0 Å². The first-order valence-corrected chi connectivity index (χ1v) is 12.8. The van der Waals surface area contributed by atoms with Crippen LogP contribution in [-0.2, 0) is 29.6 Å². The van der Waals surface area contributed by atoms with Gasteiger partial charge in [0.05, 0.1) is 16.9 Å². The summed E-state index contributed by atoms with van der Waals surface area (Å²) in [6.07, 6.45) is 0.584. The van der Waals surface area contributed by atoms with Crippen LogP contribution in [0.1, 0.15) is 24.8 Å². The van der Waals surface area contributed by atoms with Crippen molar-refractivity contribution in [3.05, 3.63) is 64.2 Å². The number of esters is 1. The fourth-order valence-electron chi connectivity index (χ4n) is 2.93. The number of benzene rings is 2. The van der Waals surface area contributed by atoms with Crippen LogP contribution in [-0.4, -0.2) is 47.4 Å². The third-order valence-corrected chi connectivity index (χ3v) is 7.67. The van der Waals surface area contributed by atoms with Crippen molar-refractivity contribution in [3.8, 4) is 0 Å². The van der Waals surface area contributed by atoms with Gasteiger partial charge in [0.2, 0.25) is 20.0 Å². The molecule has 13 heteroatoms. The summed E-state index contributed by atoms with van der Waals surface area (Å²) < 4.78 is 59.2. The van der Waals surface area contributed by atoms with Crippen LogP contribution in [0, 0.1) is 17.0 Å². The van der Waals surface area contributed by atoms with E-state index in [9.17, 15) is 31.7 Å². The number of unbranched alkanes of at least 4 members (excludes halogenated alkanes) is 1. The highest BCUT2D eigenvalue weighted by Crippen LogP contribution is 2.22. The number of sulfonamides is 2. The molecule has 0 radical (unpaired) electrons. The van der Waals surface area contributed by atoms with Gasteiger partial charge in [-0.3, -0.25) is 14.9 Å². The van der Waals surface area contributed by atoms with Crippen LogP contribution in [0.2, 0.25) is 0 Å². The van der Waals surface area contributed by atoms with Gasteiger partial charge in [-0.05, 0) is 44.4 Å². The van der Waals surface area contributed by atoms with E-state index in [0.717, 1.165) is 24.8 Å². The number of carbonyl (C=O) groups is 1. The number of carbonyl (C=O) groups excluding carboxylic acids is 1. The Morgan fingerprint density at radius 3 is 2.27 bits per heavy atom. The molecule has 0 spiro atoms. The number of nitro benzene ring substituents is 1. The zero-order valence-electron chi connectivity index (χ0n) is 18.1. The van der Waals surface area contributed by atoms with Crippen molar-refractivity contribution < 1.29 is 31.3 Å². The second-order valence-electron chi connectivity index (χ2n) is 7.13. The van der Waals surface area contributed by atoms with Gasteiger partial charge in [-0.1, -0.05) is 29.8 Å². The number of para-hydroxylation sites is 1. The molecule has 0 aliphatic heterocycles. The SMILES string of the molecule is COC(=O)C(CCCCNS(=O)(=O)c1ccccc1[N+](=O)[O-])NS(=O)(=O)c1ccc(C)cc1. The third kappa shape index (κ3) is 7.32. The first-order chi connectivity index (χ1) is 15.5. The number of hydrogen-bond acceptors (Lipinski definition) is 8. The summed E-state index contributed by atoms with van der Waals surface area (Å²) in [5, 5.41) is 11.1. The molecular weight excluding hydrogens is 474 g/mol. The maximum atomic E-state index is 12.6. The van der Waals surface area contributed by atoms with Gasteiger partial charge >= 0.3 is 5.97 Å². The van der Waals surface area contributed by atoms with Crippen LogP contribution in [0.4, 0.5) is 5.69 Å². The van der Waals surface area contributed by atoms with E-state index in [1.807, 2.05) is 6.92 Å². The lowest BCUT2D eigenvalue weighted by Crippen LogP contribution is -2.41. The molecule has 0 saturated carbocycles. The van der Waals surface area contributed by atoms with Gasteiger partial charge in [-0.2, -0.15) is 4.72 Å². The van der Waals surface area contributed by atoms with Gasteiger partial charge in [0, 0.05) is 12.6 Å². The molecule has 11 nitrogen and oxygen atoms in total. The van der Waals surface area contributed by atoms with Gasteiger partial charge in [0.25, 0.3) is 5.69 Å². The number of nitrogens with one attached hydrogen (secondary N) is 2. The first kappa shape index (κ1) is 26.4. The topological polar surface area (TPSA) is 162 Å². The Balaban J connectivity index is 1.97. The highest BCUT2D eigenvalue weighted by molar-refractivity contribution is 7.89. The van der Waals surface area contributed by atoms with Crippen molar-refractivity contribution in [1.29, 1.82) is 0 Å². The second-order valence-corrected chi connectivity index (χ2v) is 10.6. The Labute approximate surface area is 192 Å². The Morgan fingerprint density at radius 2 is 1.67 bits per heavy atom. The summed E-state index contributed by atoms with van der Waals surface area (Å²) in [5.41, 5.74) is 0.336. The predicted octanol–water partition coefficient (Wildman–Crippen LogP) is 1.87. The second kappa shape index (κ2) is 11.3. The van der Waals surface area contributed by atoms with E-state index in [1.165, 1.54) is 24.3 Å². The molecule has 0 heterocycles. The molecule has 0 bridgehead atoms. The van der Waals surface area contributed by atoms with Gasteiger partial charge in [-0.15, -0.1) is 0 Å². The van der Waals surface area contributed by atoms with E-state index in [-0.39, 0.29) is 30.7 Å². The first-order valence-electron chi connectivity index (χ1n) is 9.88. The summed E-state index contributed by atoms with van der Waals surface area (Å²) in [4.78, 5) is 21.9.